The predicted molar refractivity (Wildman–Crippen MR) is 136 cm³/mol. The van der Waals surface area contributed by atoms with Crippen LogP contribution >= 0.6 is 11.6 Å². The summed E-state index contributed by atoms with van der Waals surface area (Å²) in [5.41, 5.74) is 5.47. The Bertz CT molecular complexity index is 1330. The van der Waals surface area contributed by atoms with E-state index in [0.717, 1.165) is 50.2 Å². The SMILES string of the molecule is O=c1cc(OCc2ccc(Cl)cn2)ccn1C1=Cc2ccc(CN3C[C@H]4C[C@@H]3C[C@@H]4O)cc2CC1. The lowest BCUT2D eigenvalue weighted by Crippen LogP contribution is -2.36. The Hall–Kier alpha value is -2.93. The number of benzene rings is 1. The van der Waals surface area contributed by atoms with Crippen molar-refractivity contribution in [2.24, 2.45) is 5.92 Å². The molecule has 1 saturated heterocycles. The number of rotatable bonds is 6. The molecule has 3 heterocycles. The van der Waals surface area contributed by atoms with Crippen LogP contribution in [0, 0.1) is 5.92 Å². The molecule has 2 fully saturated rings. The summed E-state index contributed by atoms with van der Waals surface area (Å²) in [7, 11) is 0. The third-order valence-corrected chi connectivity index (χ3v) is 7.78. The molecule has 35 heavy (non-hydrogen) atoms. The summed E-state index contributed by atoms with van der Waals surface area (Å²) in [6, 6.07) is 14.1. The van der Waals surface area contributed by atoms with E-state index in [-0.39, 0.29) is 18.3 Å². The monoisotopic (exact) mass is 489 g/mol. The smallest absolute Gasteiger partial charge is 0.258 e. The van der Waals surface area contributed by atoms with Crippen LogP contribution in [0.2, 0.25) is 5.02 Å². The summed E-state index contributed by atoms with van der Waals surface area (Å²) in [5.74, 6) is 0.972. The molecule has 0 amide bonds. The number of aliphatic hydroxyl groups excluding tert-OH is 1. The van der Waals surface area contributed by atoms with E-state index in [1.807, 2.05) is 6.07 Å². The van der Waals surface area contributed by atoms with E-state index >= 15 is 0 Å². The first kappa shape index (κ1) is 22.5. The molecule has 2 aromatic heterocycles. The lowest BCUT2D eigenvalue weighted by molar-refractivity contribution is 0.0711. The normalized spacial score (nSPS) is 23.3. The highest BCUT2D eigenvalue weighted by Crippen LogP contribution is 2.38. The molecule has 6 nitrogen and oxygen atoms in total. The largest absolute Gasteiger partial charge is 0.487 e. The highest BCUT2D eigenvalue weighted by Gasteiger charge is 2.43. The van der Waals surface area contributed by atoms with Gasteiger partial charge in [-0.25, -0.2) is 0 Å². The van der Waals surface area contributed by atoms with Crippen molar-refractivity contribution in [3.63, 3.8) is 0 Å². The Labute approximate surface area is 209 Å². The van der Waals surface area contributed by atoms with Gasteiger partial charge in [-0.05, 0) is 72.6 Å². The summed E-state index contributed by atoms with van der Waals surface area (Å²) in [4.78, 5) is 19.6. The van der Waals surface area contributed by atoms with Crippen LogP contribution in [0.3, 0.4) is 0 Å². The molecule has 0 radical (unpaired) electrons. The van der Waals surface area contributed by atoms with Crippen LogP contribution in [0.4, 0.5) is 0 Å². The molecule has 1 saturated carbocycles. The van der Waals surface area contributed by atoms with E-state index in [0.29, 0.717) is 22.7 Å². The molecular weight excluding hydrogens is 462 g/mol. The number of piperidine rings is 1. The van der Waals surface area contributed by atoms with Gasteiger partial charge in [-0.3, -0.25) is 19.2 Å². The fourth-order valence-corrected chi connectivity index (χ4v) is 5.81. The first-order valence-electron chi connectivity index (χ1n) is 12.2. The first-order chi connectivity index (χ1) is 17.0. The Balaban J connectivity index is 1.13. The maximum Gasteiger partial charge on any atom is 0.258 e. The molecule has 2 aliphatic carbocycles. The fraction of sp³-hybridized carbons (Fsp3) is 0.357. The molecule has 3 atom stereocenters. The van der Waals surface area contributed by atoms with Gasteiger partial charge >= 0.3 is 0 Å². The second-order valence-corrected chi connectivity index (χ2v) is 10.3. The number of aryl methyl sites for hydroxylation is 1. The fourth-order valence-electron chi connectivity index (χ4n) is 5.70. The lowest BCUT2D eigenvalue weighted by atomic mass is 9.93. The Morgan fingerprint density at radius 1 is 1.11 bits per heavy atom. The number of halogens is 1. The van der Waals surface area contributed by atoms with Gasteiger partial charge in [0.15, 0.2) is 0 Å². The minimum atomic E-state index is -0.107. The van der Waals surface area contributed by atoms with Gasteiger partial charge in [-0.15, -0.1) is 0 Å². The predicted octanol–water partition coefficient (Wildman–Crippen LogP) is 4.38. The van der Waals surface area contributed by atoms with Crippen LogP contribution in [-0.4, -0.2) is 38.2 Å². The molecule has 7 heteroatoms. The number of hydrogen-bond acceptors (Lipinski definition) is 5. The van der Waals surface area contributed by atoms with Gasteiger partial charge in [0.25, 0.3) is 5.56 Å². The van der Waals surface area contributed by atoms with Crippen LogP contribution in [0.5, 0.6) is 5.75 Å². The van der Waals surface area contributed by atoms with Crippen molar-refractivity contribution in [3.05, 3.63) is 92.6 Å². The molecule has 0 unspecified atom stereocenters. The summed E-state index contributed by atoms with van der Waals surface area (Å²) in [5, 5.41) is 10.6. The number of likely N-dealkylation sites (tertiary alicyclic amines) is 1. The zero-order chi connectivity index (χ0) is 23.9. The number of allylic oxidation sites excluding steroid dienone is 1. The highest BCUT2D eigenvalue weighted by molar-refractivity contribution is 6.30. The number of nitrogens with zero attached hydrogens (tertiary/aromatic N) is 3. The molecule has 3 aliphatic rings. The van der Waals surface area contributed by atoms with Crippen molar-refractivity contribution in [2.45, 2.75) is 51.0 Å². The second kappa shape index (κ2) is 9.26. The molecular formula is C28H28ClN3O3. The van der Waals surface area contributed by atoms with E-state index in [1.165, 1.54) is 22.8 Å². The minimum Gasteiger partial charge on any atom is -0.487 e. The topological polar surface area (TPSA) is 67.6 Å². The van der Waals surface area contributed by atoms with Gasteiger partial charge in [0.05, 0.1) is 16.8 Å². The zero-order valence-corrected chi connectivity index (χ0v) is 20.2. The van der Waals surface area contributed by atoms with Crippen molar-refractivity contribution >= 4 is 23.4 Å². The van der Waals surface area contributed by atoms with Gasteiger partial charge in [0.2, 0.25) is 0 Å². The van der Waals surface area contributed by atoms with Crippen LogP contribution < -0.4 is 10.3 Å². The molecule has 180 valence electrons. The molecule has 3 aromatic rings. The summed E-state index contributed by atoms with van der Waals surface area (Å²) in [6.45, 7) is 2.23. The van der Waals surface area contributed by atoms with Gasteiger partial charge < -0.3 is 9.84 Å². The molecule has 0 spiro atoms. The van der Waals surface area contributed by atoms with E-state index in [9.17, 15) is 9.90 Å². The molecule has 1 N–H and O–H groups in total. The molecule has 1 aliphatic heterocycles. The minimum absolute atomic E-state index is 0.104. The third-order valence-electron chi connectivity index (χ3n) is 7.56. The van der Waals surface area contributed by atoms with Crippen molar-refractivity contribution in [3.8, 4) is 5.75 Å². The average Bonchev–Trinajstić information content (AvgIpc) is 3.42. The van der Waals surface area contributed by atoms with Gasteiger partial charge in [0.1, 0.15) is 12.4 Å². The summed E-state index contributed by atoms with van der Waals surface area (Å²) in [6.07, 6.45) is 9.15. The van der Waals surface area contributed by atoms with E-state index in [2.05, 4.69) is 34.2 Å². The van der Waals surface area contributed by atoms with Crippen molar-refractivity contribution in [2.75, 3.05) is 6.54 Å². The maximum absolute atomic E-state index is 12.8. The Kier molecular flexibility index (Phi) is 5.96. The van der Waals surface area contributed by atoms with Crippen LogP contribution in [-0.2, 0) is 19.6 Å². The van der Waals surface area contributed by atoms with Crippen LogP contribution in [0.25, 0.3) is 11.8 Å². The molecule has 6 rings (SSSR count). The summed E-state index contributed by atoms with van der Waals surface area (Å²) >= 11 is 5.87. The van der Waals surface area contributed by atoms with E-state index < -0.39 is 0 Å². The quantitative estimate of drug-likeness (QED) is 0.556. The average molecular weight is 490 g/mol. The van der Waals surface area contributed by atoms with Gasteiger partial charge in [0, 0.05) is 43.3 Å². The second-order valence-electron chi connectivity index (χ2n) is 9.88. The lowest BCUT2D eigenvalue weighted by Gasteiger charge is -2.29. The third kappa shape index (κ3) is 4.66. The zero-order valence-electron chi connectivity index (χ0n) is 19.4. The number of pyridine rings is 2. The number of aliphatic hydroxyl groups is 1. The maximum atomic E-state index is 12.8. The van der Waals surface area contributed by atoms with Crippen molar-refractivity contribution in [1.29, 1.82) is 0 Å². The van der Waals surface area contributed by atoms with E-state index in [4.69, 9.17) is 16.3 Å². The van der Waals surface area contributed by atoms with Gasteiger partial charge in [-0.2, -0.15) is 0 Å². The number of hydrogen-bond donors (Lipinski definition) is 1. The van der Waals surface area contributed by atoms with Crippen molar-refractivity contribution < 1.29 is 9.84 Å². The number of fused-ring (bicyclic) bond motifs is 3. The number of aromatic nitrogens is 2. The Morgan fingerprint density at radius 3 is 2.77 bits per heavy atom. The highest BCUT2D eigenvalue weighted by atomic mass is 35.5. The van der Waals surface area contributed by atoms with Gasteiger partial charge in [-0.1, -0.05) is 29.8 Å². The number of ether oxygens (including phenoxy) is 1. The van der Waals surface area contributed by atoms with Crippen LogP contribution in [0.15, 0.2) is 59.7 Å². The standard InChI is InChI=1S/C28H28ClN3O3/c29-22-4-5-23(30-14-22)17-35-26-7-8-32(28(34)13-26)24-6-3-19-9-18(1-2-20(19)10-24)15-31-16-21-11-25(31)12-27(21)33/h1-2,4-5,7-10,13-14,21,25,27,33H,3,6,11-12,15-17H2/t21-,25-,27+/m1/s1. The van der Waals surface area contributed by atoms with Crippen molar-refractivity contribution in [1.82, 2.24) is 14.5 Å². The Morgan fingerprint density at radius 2 is 2.03 bits per heavy atom. The summed E-state index contributed by atoms with van der Waals surface area (Å²) < 4.78 is 7.45. The first-order valence-corrected chi connectivity index (χ1v) is 12.6. The molecule has 2 bridgehead atoms. The van der Waals surface area contributed by atoms with E-state index in [1.54, 1.807) is 29.1 Å². The molecule has 1 aromatic carbocycles. The van der Waals surface area contributed by atoms with Crippen LogP contribution in [0.1, 0.15) is 41.6 Å².